The van der Waals surface area contributed by atoms with E-state index >= 15 is 0 Å². The summed E-state index contributed by atoms with van der Waals surface area (Å²) in [6.45, 7) is 3.12. The van der Waals surface area contributed by atoms with Gasteiger partial charge in [0.25, 0.3) is 0 Å². The molecule has 1 N–H and O–H groups in total. The summed E-state index contributed by atoms with van der Waals surface area (Å²) in [5, 5.41) is 4.58. The Morgan fingerprint density at radius 2 is 1.95 bits per heavy atom. The van der Waals surface area contributed by atoms with Gasteiger partial charge in [0.1, 0.15) is 0 Å². The van der Waals surface area contributed by atoms with Crippen molar-refractivity contribution in [3.8, 4) is 0 Å². The Labute approximate surface area is 133 Å². The molecule has 2 aliphatic carbocycles. The molecule has 21 heavy (non-hydrogen) atoms. The molecule has 2 aliphatic rings. The summed E-state index contributed by atoms with van der Waals surface area (Å²) < 4.78 is 0. The summed E-state index contributed by atoms with van der Waals surface area (Å²) >= 11 is 6.28. The van der Waals surface area contributed by atoms with Gasteiger partial charge in [0.15, 0.2) is 0 Å². The van der Waals surface area contributed by atoms with E-state index in [9.17, 15) is 0 Å². The number of aryl methyl sites for hydroxylation is 1. The largest absolute Gasteiger partial charge is 0.310 e. The Bertz CT molecular complexity index is 510. The number of hydrogen-bond acceptors (Lipinski definition) is 1. The highest BCUT2D eigenvalue weighted by atomic mass is 35.5. The Hall–Kier alpha value is -0.790. The van der Waals surface area contributed by atoms with Gasteiger partial charge in [-0.1, -0.05) is 54.6 Å². The molecule has 1 aromatic rings. The van der Waals surface area contributed by atoms with Crippen LogP contribution in [0, 0.1) is 12.8 Å². The van der Waals surface area contributed by atoms with Gasteiger partial charge in [-0.25, -0.2) is 0 Å². The lowest BCUT2D eigenvalue weighted by molar-refractivity contribution is 0.396. The van der Waals surface area contributed by atoms with Crippen LogP contribution in [0.4, 0.5) is 0 Å². The van der Waals surface area contributed by atoms with Crippen LogP contribution in [0.3, 0.4) is 0 Å². The minimum absolute atomic E-state index is 0.769. The quantitative estimate of drug-likeness (QED) is 0.771. The van der Waals surface area contributed by atoms with E-state index in [0.29, 0.717) is 0 Å². The van der Waals surface area contributed by atoms with Crippen LogP contribution in [0.25, 0.3) is 6.08 Å². The van der Waals surface area contributed by atoms with Crippen LogP contribution in [0.5, 0.6) is 0 Å². The molecule has 0 bridgehead atoms. The third kappa shape index (κ3) is 4.34. The van der Waals surface area contributed by atoms with Gasteiger partial charge >= 0.3 is 0 Å². The number of rotatable bonds is 5. The second-order valence-electron chi connectivity index (χ2n) is 6.72. The fourth-order valence-corrected chi connectivity index (χ4v) is 3.44. The normalized spacial score (nSPS) is 20.8. The smallest absolute Gasteiger partial charge is 0.0441 e. The Kier molecular flexibility index (Phi) is 5.03. The third-order valence-corrected chi connectivity index (χ3v) is 5.26. The predicted molar refractivity (Wildman–Crippen MR) is 91.8 cm³/mol. The molecule has 2 heteroatoms. The number of benzene rings is 1. The van der Waals surface area contributed by atoms with Gasteiger partial charge in [-0.2, -0.15) is 0 Å². The lowest BCUT2D eigenvalue weighted by atomic mass is 9.83. The molecular weight excluding hydrogens is 278 g/mol. The van der Waals surface area contributed by atoms with Crippen LogP contribution in [-0.2, 0) is 0 Å². The van der Waals surface area contributed by atoms with Crippen LogP contribution >= 0.6 is 11.6 Å². The molecular formula is C19H26ClN. The van der Waals surface area contributed by atoms with Crippen molar-refractivity contribution in [2.24, 2.45) is 5.92 Å². The first-order valence-electron chi connectivity index (χ1n) is 8.42. The predicted octanol–water partition coefficient (Wildman–Crippen LogP) is 5.36. The molecule has 0 heterocycles. The third-order valence-electron chi connectivity index (χ3n) is 4.85. The first kappa shape index (κ1) is 15.1. The zero-order valence-electron chi connectivity index (χ0n) is 13.0. The molecule has 0 aliphatic heterocycles. The van der Waals surface area contributed by atoms with Crippen molar-refractivity contribution >= 4 is 17.7 Å². The number of hydrogen-bond donors (Lipinski definition) is 1. The topological polar surface area (TPSA) is 12.0 Å². The zero-order chi connectivity index (χ0) is 14.7. The van der Waals surface area contributed by atoms with E-state index in [1.54, 1.807) is 5.57 Å². The molecule has 0 amide bonds. The average molecular weight is 304 g/mol. The van der Waals surface area contributed by atoms with E-state index in [1.807, 2.05) is 0 Å². The summed E-state index contributed by atoms with van der Waals surface area (Å²) in [6.07, 6.45) is 12.0. The summed E-state index contributed by atoms with van der Waals surface area (Å²) in [6, 6.07) is 7.21. The minimum atomic E-state index is 0.769. The molecule has 0 radical (unpaired) electrons. The Balaban J connectivity index is 1.77. The highest BCUT2D eigenvalue weighted by molar-refractivity contribution is 6.31. The molecule has 0 saturated heterocycles. The summed E-state index contributed by atoms with van der Waals surface area (Å²) in [7, 11) is 0. The Morgan fingerprint density at radius 3 is 2.62 bits per heavy atom. The maximum absolute atomic E-state index is 6.28. The van der Waals surface area contributed by atoms with Gasteiger partial charge in [0.05, 0.1) is 0 Å². The van der Waals surface area contributed by atoms with Crippen LogP contribution in [-0.4, -0.2) is 12.6 Å². The van der Waals surface area contributed by atoms with Crippen LogP contribution in [0.1, 0.15) is 56.1 Å². The van der Waals surface area contributed by atoms with Gasteiger partial charge in [-0.3, -0.25) is 0 Å². The monoisotopic (exact) mass is 303 g/mol. The van der Waals surface area contributed by atoms with Gasteiger partial charge in [0.2, 0.25) is 0 Å². The number of halogens is 1. The lowest BCUT2D eigenvalue weighted by Gasteiger charge is -2.25. The zero-order valence-corrected chi connectivity index (χ0v) is 13.8. The van der Waals surface area contributed by atoms with Crippen LogP contribution < -0.4 is 5.32 Å². The van der Waals surface area contributed by atoms with Gasteiger partial charge in [-0.05, 0) is 55.7 Å². The van der Waals surface area contributed by atoms with E-state index in [-0.39, 0.29) is 0 Å². The van der Waals surface area contributed by atoms with Crippen molar-refractivity contribution in [3.63, 3.8) is 0 Å². The van der Waals surface area contributed by atoms with Crippen molar-refractivity contribution in [1.29, 1.82) is 0 Å². The van der Waals surface area contributed by atoms with Crippen LogP contribution in [0.15, 0.2) is 23.8 Å². The summed E-state index contributed by atoms with van der Waals surface area (Å²) in [5.41, 5.74) is 3.99. The minimum Gasteiger partial charge on any atom is -0.310 e. The molecule has 1 aromatic carbocycles. The fourth-order valence-electron chi connectivity index (χ4n) is 3.25. The molecule has 114 valence electrons. The van der Waals surface area contributed by atoms with Gasteiger partial charge in [0, 0.05) is 17.6 Å². The second-order valence-corrected chi connectivity index (χ2v) is 7.13. The highest BCUT2D eigenvalue weighted by Gasteiger charge is 2.23. The van der Waals surface area contributed by atoms with E-state index < -0.39 is 0 Å². The maximum atomic E-state index is 6.28. The summed E-state index contributed by atoms with van der Waals surface area (Å²) in [5.74, 6) is 0.769. The van der Waals surface area contributed by atoms with E-state index in [1.165, 1.54) is 50.5 Å². The van der Waals surface area contributed by atoms with Crippen molar-refractivity contribution < 1.29 is 0 Å². The summed E-state index contributed by atoms with van der Waals surface area (Å²) in [4.78, 5) is 0. The van der Waals surface area contributed by atoms with Crippen molar-refractivity contribution in [2.45, 2.75) is 57.9 Å². The number of nitrogens with one attached hydrogen (secondary N) is 1. The SMILES string of the molecule is Cc1ccc(/C=C(/CNC2CC2)C2CCCCC2)cc1Cl. The Morgan fingerprint density at radius 1 is 1.19 bits per heavy atom. The van der Waals surface area contributed by atoms with Crippen molar-refractivity contribution in [1.82, 2.24) is 5.32 Å². The van der Waals surface area contributed by atoms with Crippen molar-refractivity contribution in [3.05, 3.63) is 39.9 Å². The second kappa shape index (κ2) is 6.98. The van der Waals surface area contributed by atoms with Crippen LogP contribution in [0.2, 0.25) is 5.02 Å². The first-order valence-corrected chi connectivity index (χ1v) is 8.80. The molecule has 0 atom stereocenters. The van der Waals surface area contributed by atoms with Gasteiger partial charge in [-0.15, -0.1) is 0 Å². The van der Waals surface area contributed by atoms with E-state index in [4.69, 9.17) is 11.6 Å². The standard InChI is InChI=1S/C19H26ClN/c1-14-7-8-15(12-19(14)20)11-17(13-21-18-9-10-18)16-5-3-2-4-6-16/h7-8,11-12,16,18,21H,2-6,9-10,13H2,1H3/b17-11-. The molecule has 2 saturated carbocycles. The lowest BCUT2D eigenvalue weighted by Crippen LogP contribution is -2.24. The molecule has 1 nitrogen and oxygen atoms in total. The highest BCUT2D eigenvalue weighted by Crippen LogP contribution is 2.32. The van der Waals surface area contributed by atoms with E-state index in [2.05, 4.69) is 36.5 Å². The molecule has 3 rings (SSSR count). The van der Waals surface area contributed by atoms with Gasteiger partial charge < -0.3 is 5.32 Å². The first-order chi connectivity index (χ1) is 10.2. The van der Waals surface area contributed by atoms with E-state index in [0.717, 1.165) is 29.1 Å². The molecule has 2 fully saturated rings. The molecule has 0 aromatic heterocycles. The average Bonchev–Trinajstić information content (AvgIpc) is 3.32. The maximum Gasteiger partial charge on any atom is 0.0441 e. The fraction of sp³-hybridized carbons (Fsp3) is 0.579. The molecule has 0 spiro atoms. The van der Waals surface area contributed by atoms with Crippen molar-refractivity contribution in [2.75, 3.05) is 6.54 Å². The molecule has 0 unspecified atom stereocenters.